The van der Waals surface area contributed by atoms with Gasteiger partial charge >= 0.3 is 6.16 Å². The molecular weight excluding hydrogens is 488 g/mol. The summed E-state index contributed by atoms with van der Waals surface area (Å²) in [6.07, 6.45) is -0.113. The quantitative estimate of drug-likeness (QED) is 0.467. The summed E-state index contributed by atoms with van der Waals surface area (Å²) in [5.41, 5.74) is 0.657. The van der Waals surface area contributed by atoms with Crippen LogP contribution in [0.15, 0.2) is 34.9 Å². The molecule has 38 heavy (non-hydrogen) atoms. The maximum atomic E-state index is 13.8. The summed E-state index contributed by atoms with van der Waals surface area (Å²) >= 11 is 0. The number of nitrogens with zero attached hydrogens (tertiary/aromatic N) is 5. The Morgan fingerprint density at radius 2 is 1.76 bits per heavy atom. The highest BCUT2D eigenvalue weighted by Crippen LogP contribution is 2.33. The van der Waals surface area contributed by atoms with Crippen molar-refractivity contribution in [2.45, 2.75) is 79.6 Å². The lowest BCUT2D eigenvalue weighted by atomic mass is 9.86. The van der Waals surface area contributed by atoms with Crippen LogP contribution in [0.2, 0.25) is 0 Å². The first-order valence-corrected chi connectivity index (χ1v) is 12.7. The molecule has 1 aliphatic rings. The van der Waals surface area contributed by atoms with Crippen molar-refractivity contribution in [1.29, 1.82) is 0 Å². The van der Waals surface area contributed by atoms with Gasteiger partial charge in [0.2, 0.25) is 5.89 Å². The number of carbonyl (C=O) groups excluding carboxylic acids is 2. The summed E-state index contributed by atoms with van der Waals surface area (Å²) in [5.74, 6) is 1.10. The minimum atomic E-state index is -0.792. The summed E-state index contributed by atoms with van der Waals surface area (Å²) in [6, 6.07) is 9.15. The number of rotatable bonds is 5. The van der Waals surface area contributed by atoms with E-state index in [0.29, 0.717) is 42.7 Å². The van der Waals surface area contributed by atoms with E-state index in [1.165, 1.54) is 5.06 Å². The van der Waals surface area contributed by atoms with E-state index in [0.717, 1.165) is 5.56 Å². The predicted octanol–water partition coefficient (Wildman–Crippen LogP) is 4.83. The molecule has 11 nitrogen and oxygen atoms in total. The van der Waals surface area contributed by atoms with E-state index in [1.54, 1.807) is 27.7 Å². The normalized spacial score (nSPS) is 15.3. The average molecular weight is 525 g/mol. The SMILES string of the molecule is Cc1noc([C@@H](NC(=O)c2nc(-c3ccccc3)n3c2CN(OC(=O)OC(C)(C)C)CCC3)C(C)(C)C)n1. The van der Waals surface area contributed by atoms with Gasteiger partial charge in [-0.25, -0.2) is 9.78 Å². The molecule has 0 unspecified atom stereocenters. The van der Waals surface area contributed by atoms with Gasteiger partial charge < -0.3 is 24.0 Å². The zero-order valence-corrected chi connectivity index (χ0v) is 23.1. The van der Waals surface area contributed by atoms with E-state index in [2.05, 4.69) is 15.5 Å². The molecular formula is C27H36N6O5. The number of hydroxylamine groups is 2. The maximum Gasteiger partial charge on any atom is 0.528 e. The molecule has 0 saturated carbocycles. The third kappa shape index (κ3) is 6.39. The number of hydrogen-bond acceptors (Lipinski definition) is 9. The van der Waals surface area contributed by atoms with Gasteiger partial charge in [0, 0.05) is 18.7 Å². The number of amides is 1. The number of imidazole rings is 1. The number of carbonyl (C=O) groups is 2. The molecule has 0 saturated heterocycles. The second kappa shape index (κ2) is 10.6. The highest BCUT2D eigenvalue weighted by molar-refractivity contribution is 5.94. The minimum absolute atomic E-state index is 0.168. The number of benzene rings is 1. The zero-order valence-electron chi connectivity index (χ0n) is 23.1. The van der Waals surface area contributed by atoms with Crippen LogP contribution >= 0.6 is 0 Å². The smallest absolute Gasteiger partial charge is 0.427 e. The second-order valence-corrected chi connectivity index (χ2v) is 11.5. The number of aromatic nitrogens is 4. The number of fused-ring (bicyclic) bond motifs is 1. The van der Waals surface area contributed by atoms with Gasteiger partial charge in [0.15, 0.2) is 11.5 Å². The van der Waals surface area contributed by atoms with Crippen molar-refractivity contribution in [3.8, 4) is 11.4 Å². The van der Waals surface area contributed by atoms with Crippen molar-refractivity contribution in [2.24, 2.45) is 5.41 Å². The summed E-state index contributed by atoms with van der Waals surface area (Å²) in [5, 5.41) is 8.48. The van der Waals surface area contributed by atoms with Crippen LogP contribution in [0.3, 0.4) is 0 Å². The van der Waals surface area contributed by atoms with E-state index in [4.69, 9.17) is 19.1 Å². The Morgan fingerprint density at radius 1 is 1.05 bits per heavy atom. The van der Waals surface area contributed by atoms with Gasteiger partial charge in [0.1, 0.15) is 17.5 Å². The maximum absolute atomic E-state index is 13.8. The van der Waals surface area contributed by atoms with Gasteiger partial charge in [-0.2, -0.15) is 4.98 Å². The van der Waals surface area contributed by atoms with E-state index < -0.39 is 23.2 Å². The lowest BCUT2D eigenvalue weighted by Gasteiger charge is -2.28. The Bertz CT molecular complexity index is 1290. The summed E-state index contributed by atoms with van der Waals surface area (Å²) < 4.78 is 12.8. The van der Waals surface area contributed by atoms with Crippen LogP contribution in [0.1, 0.15) is 81.9 Å². The van der Waals surface area contributed by atoms with Crippen LogP contribution < -0.4 is 5.32 Å². The zero-order chi connectivity index (χ0) is 27.7. The largest absolute Gasteiger partial charge is 0.528 e. The van der Waals surface area contributed by atoms with Crippen LogP contribution in [-0.2, 0) is 22.7 Å². The number of hydrogen-bond donors (Lipinski definition) is 1. The Balaban J connectivity index is 1.70. The topological polar surface area (TPSA) is 125 Å². The van der Waals surface area contributed by atoms with Crippen molar-refractivity contribution < 1.29 is 23.7 Å². The Labute approximate surface area is 222 Å². The van der Waals surface area contributed by atoms with Gasteiger partial charge in [-0.1, -0.05) is 56.3 Å². The van der Waals surface area contributed by atoms with Crippen molar-refractivity contribution in [2.75, 3.05) is 6.54 Å². The van der Waals surface area contributed by atoms with Crippen molar-refractivity contribution >= 4 is 12.1 Å². The monoisotopic (exact) mass is 524 g/mol. The molecule has 4 rings (SSSR count). The first kappa shape index (κ1) is 27.3. The molecule has 11 heteroatoms. The first-order valence-electron chi connectivity index (χ1n) is 12.7. The Kier molecular flexibility index (Phi) is 7.59. The fourth-order valence-electron chi connectivity index (χ4n) is 4.26. The summed E-state index contributed by atoms with van der Waals surface area (Å²) in [4.78, 5) is 40.9. The molecule has 0 radical (unpaired) electrons. The van der Waals surface area contributed by atoms with Crippen LogP contribution in [-0.4, -0.2) is 49.0 Å². The number of aryl methyl sites for hydroxylation is 1. The van der Waals surface area contributed by atoms with Crippen LogP contribution in [0.25, 0.3) is 11.4 Å². The van der Waals surface area contributed by atoms with Gasteiger partial charge in [-0.05, 0) is 39.5 Å². The molecule has 1 atom stereocenters. The molecule has 0 spiro atoms. The van der Waals surface area contributed by atoms with Crippen LogP contribution in [0, 0.1) is 12.3 Å². The van der Waals surface area contributed by atoms with Crippen LogP contribution in [0.4, 0.5) is 4.79 Å². The van der Waals surface area contributed by atoms with E-state index >= 15 is 0 Å². The molecule has 0 bridgehead atoms. The Hall–Kier alpha value is -3.73. The van der Waals surface area contributed by atoms with Crippen molar-refractivity contribution in [1.82, 2.24) is 30.1 Å². The summed E-state index contributed by atoms with van der Waals surface area (Å²) in [6.45, 7) is 14.2. The minimum Gasteiger partial charge on any atom is -0.427 e. The third-order valence-electron chi connectivity index (χ3n) is 5.96. The molecule has 1 aliphatic heterocycles. The molecule has 1 N–H and O–H groups in total. The fourth-order valence-corrected chi connectivity index (χ4v) is 4.26. The van der Waals surface area contributed by atoms with Gasteiger partial charge in [0.25, 0.3) is 5.91 Å². The Morgan fingerprint density at radius 3 is 2.37 bits per heavy atom. The molecule has 1 amide bonds. The molecule has 2 aromatic heterocycles. The lowest BCUT2D eigenvalue weighted by Crippen LogP contribution is -2.38. The van der Waals surface area contributed by atoms with Crippen molar-refractivity contribution in [3.63, 3.8) is 0 Å². The average Bonchev–Trinajstić information content (AvgIpc) is 3.33. The predicted molar refractivity (Wildman–Crippen MR) is 139 cm³/mol. The number of nitrogens with one attached hydrogen (secondary N) is 1. The fraction of sp³-hybridized carbons (Fsp3) is 0.519. The van der Waals surface area contributed by atoms with E-state index in [9.17, 15) is 9.59 Å². The van der Waals surface area contributed by atoms with Gasteiger partial charge in [-0.3, -0.25) is 4.79 Å². The molecule has 204 valence electrons. The second-order valence-electron chi connectivity index (χ2n) is 11.5. The lowest BCUT2D eigenvalue weighted by molar-refractivity contribution is -0.147. The van der Waals surface area contributed by atoms with Gasteiger partial charge in [-0.15, -0.1) is 5.06 Å². The first-order chi connectivity index (χ1) is 17.8. The highest BCUT2D eigenvalue weighted by Gasteiger charge is 2.35. The van der Waals surface area contributed by atoms with E-state index in [1.807, 2.05) is 55.7 Å². The highest BCUT2D eigenvalue weighted by atomic mass is 16.8. The van der Waals surface area contributed by atoms with Gasteiger partial charge in [0.05, 0.1) is 12.2 Å². The molecule has 3 aromatic rings. The van der Waals surface area contributed by atoms with Crippen molar-refractivity contribution in [3.05, 3.63) is 53.4 Å². The van der Waals surface area contributed by atoms with E-state index in [-0.39, 0.29) is 18.1 Å². The molecule has 0 aliphatic carbocycles. The molecule has 1 aromatic carbocycles. The standard InChI is InChI=1S/C27H36N6O5/c1-17-28-24(37-31-17)21(26(2,3)4)30-23(34)20-19-16-32(38-25(35)36-27(5,6)7)14-11-15-33(19)22(29-20)18-12-9-8-10-13-18/h8-10,12-13,21H,11,14-16H2,1-7H3,(H,30,34)/t21-/m1/s1. The number of ether oxygens (including phenoxy) is 1. The van der Waals surface area contributed by atoms with Crippen LogP contribution in [0.5, 0.6) is 0 Å². The molecule has 0 fully saturated rings. The molecule has 3 heterocycles. The summed E-state index contributed by atoms with van der Waals surface area (Å²) in [7, 11) is 0. The third-order valence-corrected chi connectivity index (χ3v) is 5.96.